The van der Waals surface area contributed by atoms with Gasteiger partial charge in [0, 0.05) is 5.56 Å². The molecule has 0 aliphatic carbocycles. The van der Waals surface area contributed by atoms with Crippen molar-refractivity contribution in [2.45, 2.75) is 25.8 Å². The summed E-state index contributed by atoms with van der Waals surface area (Å²) in [6.45, 7) is 1.95. The standard InChI is InChI=1S/C16H17N5O2/c1-2-6-12(16(22)23)17-13-9-10-14-18-19-15(21(14)20-13)11-7-4-3-5-8-11/h3-5,7-10,12H,2,6H2,1H3,(H,17,20)(H,22,23). The number of aliphatic carboxylic acids is 1. The molecule has 7 heteroatoms. The first kappa shape index (κ1) is 15.0. The summed E-state index contributed by atoms with van der Waals surface area (Å²) in [5.41, 5.74) is 1.50. The number of nitrogens with zero attached hydrogens (tertiary/aromatic N) is 4. The van der Waals surface area contributed by atoms with Gasteiger partial charge >= 0.3 is 5.97 Å². The summed E-state index contributed by atoms with van der Waals surface area (Å²) in [6, 6.07) is 12.4. The number of carboxylic acid groups (broad SMARTS) is 1. The lowest BCUT2D eigenvalue weighted by Gasteiger charge is -2.14. The van der Waals surface area contributed by atoms with Crippen molar-refractivity contribution in [2.75, 3.05) is 5.32 Å². The van der Waals surface area contributed by atoms with Crippen LogP contribution in [-0.2, 0) is 4.79 Å². The van der Waals surface area contributed by atoms with Crippen LogP contribution in [0.2, 0.25) is 0 Å². The summed E-state index contributed by atoms with van der Waals surface area (Å²) >= 11 is 0. The fourth-order valence-electron chi connectivity index (χ4n) is 2.36. The van der Waals surface area contributed by atoms with Crippen molar-refractivity contribution in [2.24, 2.45) is 0 Å². The SMILES string of the molecule is CCCC(Nc1ccc2nnc(-c3ccccc3)n2n1)C(=O)O. The highest BCUT2D eigenvalue weighted by atomic mass is 16.4. The molecular formula is C16H17N5O2. The first-order chi connectivity index (χ1) is 11.2. The van der Waals surface area contributed by atoms with Gasteiger partial charge in [0.1, 0.15) is 11.9 Å². The fourth-order valence-corrected chi connectivity index (χ4v) is 2.36. The molecule has 118 valence electrons. The molecule has 2 N–H and O–H groups in total. The predicted molar refractivity (Wildman–Crippen MR) is 86.2 cm³/mol. The fraction of sp³-hybridized carbons (Fsp3) is 0.250. The van der Waals surface area contributed by atoms with Gasteiger partial charge in [-0.25, -0.2) is 4.79 Å². The molecule has 1 aromatic carbocycles. The molecule has 1 unspecified atom stereocenters. The zero-order valence-electron chi connectivity index (χ0n) is 12.7. The average molecular weight is 311 g/mol. The van der Waals surface area contributed by atoms with Gasteiger partial charge in [-0.1, -0.05) is 43.7 Å². The minimum absolute atomic E-state index is 0.482. The highest BCUT2D eigenvalue weighted by molar-refractivity contribution is 5.76. The second-order valence-electron chi connectivity index (χ2n) is 5.20. The van der Waals surface area contributed by atoms with Crippen molar-refractivity contribution in [3.63, 3.8) is 0 Å². The van der Waals surface area contributed by atoms with E-state index in [1.54, 1.807) is 16.6 Å². The molecule has 7 nitrogen and oxygen atoms in total. The molecule has 2 heterocycles. The van der Waals surface area contributed by atoms with Crippen LogP contribution in [0.4, 0.5) is 5.82 Å². The second-order valence-corrected chi connectivity index (χ2v) is 5.20. The molecule has 0 aliphatic heterocycles. The highest BCUT2D eigenvalue weighted by Crippen LogP contribution is 2.18. The maximum atomic E-state index is 11.3. The van der Waals surface area contributed by atoms with Gasteiger partial charge in [-0.05, 0) is 18.6 Å². The largest absolute Gasteiger partial charge is 0.480 e. The van der Waals surface area contributed by atoms with E-state index in [1.165, 1.54) is 0 Å². The highest BCUT2D eigenvalue weighted by Gasteiger charge is 2.17. The molecule has 0 saturated carbocycles. The molecule has 0 spiro atoms. The molecule has 0 aliphatic rings. The Morgan fingerprint density at radius 3 is 2.70 bits per heavy atom. The lowest BCUT2D eigenvalue weighted by atomic mass is 10.2. The Balaban J connectivity index is 1.96. The number of nitrogens with one attached hydrogen (secondary N) is 1. The van der Waals surface area contributed by atoms with E-state index in [2.05, 4.69) is 20.6 Å². The summed E-state index contributed by atoms with van der Waals surface area (Å²) in [5, 5.41) is 24.9. The van der Waals surface area contributed by atoms with Gasteiger partial charge < -0.3 is 10.4 Å². The number of hydrogen-bond acceptors (Lipinski definition) is 5. The molecule has 0 radical (unpaired) electrons. The maximum Gasteiger partial charge on any atom is 0.326 e. The number of rotatable bonds is 6. The maximum absolute atomic E-state index is 11.3. The van der Waals surface area contributed by atoms with Crippen molar-refractivity contribution in [1.29, 1.82) is 0 Å². The van der Waals surface area contributed by atoms with E-state index in [9.17, 15) is 9.90 Å². The number of aromatic nitrogens is 4. The molecule has 23 heavy (non-hydrogen) atoms. The Labute approximate surface area is 133 Å². The Hall–Kier alpha value is -2.96. The molecule has 3 rings (SSSR count). The average Bonchev–Trinajstić information content (AvgIpc) is 2.98. The van der Waals surface area contributed by atoms with Crippen molar-refractivity contribution >= 4 is 17.4 Å². The van der Waals surface area contributed by atoms with Crippen molar-refractivity contribution in [3.8, 4) is 11.4 Å². The third-order valence-corrected chi connectivity index (χ3v) is 3.49. The minimum Gasteiger partial charge on any atom is -0.480 e. The third kappa shape index (κ3) is 3.13. The Kier molecular flexibility index (Phi) is 4.18. The van der Waals surface area contributed by atoms with Crippen LogP contribution in [-0.4, -0.2) is 36.9 Å². The van der Waals surface area contributed by atoms with E-state index < -0.39 is 12.0 Å². The van der Waals surface area contributed by atoms with Gasteiger partial charge in [-0.15, -0.1) is 15.3 Å². The number of hydrogen-bond donors (Lipinski definition) is 2. The molecule has 0 amide bonds. The van der Waals surface area contributed by atoms with Gasteiger partial charge in [0.2, 0.25) is 0 Å². The van der Waals surface area contributed by atoms with Crippen molar-refractivity contribution in [3.05, 3.63) is 42.5 Å². The van der Waals surface area contributed by atoms with Crippen LogP contribution in [0.1, 0.15) is 19.8 Å². The quantitative estimate of drug-likeness (QED) is 0.726. The third-order valence-electron chi connectivity index (χ3n) is 3.49. The number of benzene rings is 1. The van der Waals surface area contributed by atoms with Crippen LogP contribution in [0.25, 0.3) is 17.0 Å². The molecule has 0 saturated heterocycles. The molecule has 0 bridgehead atoms. The van der Waals surface area contributed by atoms with Crippen LogP contribution >= 0.6 is 0 Å². The zero-order valence-corrected chi connectivity index (χ0v) is 12.7. The van der Waals surface area contributed by atoms with Crippen LogP contribution in [0.5, 0.6) is 0 Å². The molecule has 3 aromatic rings. The van der Waals surface area contributed by atoms with Gasteiger partial charge in [0.05, 0.1) is 0 Å². The molecule has 0 fully saturated rings. The number of anilines is 1. The summed E-state index contributed by atoms with van der Waals surface area (Å²) in [5.74, 6) is 0.211. The lowest BCUT2D eigenvalue weighted by molar-refractivity contribution is -0.138. The minimum atomic E-state index is -0.888. The zero-order chi connectivity index (χ0) is 16.2. The van der Waals surface area contributed by atoms with Gasteiger partial charge in [0.25, 0.3) is 0 Å². The molecule has 1 atom stereocenters. The van der Waals surface area contributed by atoms with E-state index in [-0.39, 0.29) is 0 Å². The summed E-state index contributed by atoms with van der Waals surface area (Å²) in [4.78, 5) is 11.3. The summed E-state index contributed by atoms with van der Waals surface area (Å²) < 4.78 is 1.61. The van der Waals surface area contributed by atoms with Gasteiger partial charge in [-0.2, -0.15) is 4.52 Å². The van der Waals surface area contributed by atoms with Crippen LogP contribution < -0.4 is 5.32 Å². The number of fused-ring (bicyclic) bond motifs is 1. The van der Waals surface area contributed by atoms with Crippen LogP contribution in [0.3, 0.4) is 0 Å². The lowest BCUT2D eigenvalue weighted by Crippen LogP contribution is -2.29. The Bertz CT molecular complexity index is 816. The monoisotopic (exact) mass is 311 g/mol. The first-order valence-electron chi connectivity index (χ1n) is 7.46. The van der Waals surface area contributed by atoms with Crippen molar-refractivity contribution < 1.29 is 9.90 Å². The van der Waals surface area contributed by atoms with E-state index in [0.717, 1.165) is 12.0 Å². The van der Waals surface area contributed by atoms with E-state index in [4.69, 9.17) is 0 Å². The predicted octanol–water partition coefficient (Wildman–Crippen LogP) is 2.46. The van der Waals surface area contributed by atoms with E-state index in [0.29, 0.717) is 23.7 Å². The Morgan fingerprint density at radius 2 is 2.00 bits per heavy atom. The first-order valence-corrected chi connectivity index (χ1v) is 7.46. The number of carboxylic acids is 1. The molecular weight excluding hydrogens is 294 g/mol. The van der Waals surface area contributed by atoms with E-state index in [1.807, 2.05) is 37.3 Å². The van der Waals surface area contributed by atoms with Gasteiger partial charge in [0.15, 0.2) is 11.5 Å². The second kappa shape index (κ2) is 6.43. The van der Waals surface area contributed by atoms with Crippen LogP contribution in [0, 0.1) is 0 Å². The van der Waals surface area contributed by atoms with Crippen molar-refractivity contribution in [1.82, 2.24) is 19.8 Å². The topological polar surface area (TPSA) is 92.4 Å². The number of carbonyl (C=O) groups is 1. The smallest absolute Gasteiger partial charge is 0.326 e. The molecule has 2 aromatic heterocycles. The normalized spacial score (nSPS) is 12.2. The summed E-state index contributed by atoms with van der Waals surface area (Å²) in [6.07, 6.45) is 1.30. The Morgan fingerprint density at radius 1 is 1.22 bits per heavy atom. The van der Waals surface area contributed by atoms with Gasteiger partial charge in [-0.3, -0.25) is 0 Å². The van der Waals surface area contributed by atoms with E-state index >= 15 is 0 Å². The van der Waals surface area contributed by atoms with Crippen LogP contribution in [0.15, 0.2) is 42.5 Å². The summed E-state index contributed by atoms with van der Waals surface area (Å²) in [7, 11) is 0.